The molecule has 0 spiro atoms. The third kappa shape index (κ3) is 4.01. The van der Waals surface area contributed by atoms with E-state index in [0.29, 0.717) is 12.0 Å². The molecule has 0 saturated carbocycles. The molecule has 0 aromatic carbocycles. The Balaban J connectivity index is 2.01. The Bertz CT molecular complexity index is 368. The fourth-order valence-electron chi connectivity index (χ4n) is 2.72. The third-order valence-electron chi connectivity index (χ3n) is 3.64. The van der Waals surface area contributed by atoms with Gasteiger partial charge in [-0.25, -0.2) is 9.67 Å². The zero-order chi connectivity index (χ0) is 13.7. The van der Waals surface area contributed by atoms with Gasteiger partial charge in [0.1, 0.15) is 12.2 Å². The molecular formula is C14H27N5. The quantitative estimate of drug-likeness (QED) is 0.812. The van der Waals surface area contributed by atoms with E-state index < -0.39 is 0 Å². The Morgan fingerprint density at radius 1 is 1.53 bits per heavy atom. The predicted octanol–water partition coefficient (Wildman–Crippen LogP) is 1.51. The molecule has 0 aliphatic carbocycles. The maximum absolute atomic E-state index is 4.45. The van der Waals surface area contributed by atoms with E-state index in [1.54, 1.807) is 6.33 Å². The lowest BCUT2D eigenvalue weighted by Crippen LogP contribution is -2.37. The van der Waals surface area contributed by atoms with Crippen molar-refractivity contribution in [3.8, 4) is 0 Å². The molecule has 1 saturated heterocycles. The first-order valence-corrected chi connectivity index (χ1v) is 7.52. The molecule has 1 aliphatic heterocycles. The number of aromatic nitrogens is 3. The van der Waals surface area contributed by atoms with Crippen molar-refractivity contribution in [2.75, 3.05) is 19.6 Å². The monoisotopic (exact) mass is 265 g/mol. The SMILES string of the molecule is CCCN(Cc1ncnn1CC(C)C)C1CCNC1. The number of nitrogens with zero attached hydrogens (tertiary/aromatic N) is 4. The van der Waals surface area contributed by atoms with Crippen LogP contribution in [0, 0.1) is 5.92 Å². The predicted molar refractivity (Wildman–Crippen MR) is 76.8 cm³/mol. The Morgan fingerprint density at radius 2 is 2.37 bits per heavy atom. The summed E-state index contributed by atoms with van der Waals surface area (Å²) in [5.41, 5.74) is 0. The molecule has 1 unspecified atom stereocenters. The van der Waals surface area contributed by atoms with E-state index in [1.165, 1.54) is 12.8 Å². The van der Waals surface area contributed by atoms with E-state index in [9.17, 15) is 0 Å². The van der Waals surface area contributed by atoms with Crippen LogP contribution in [0.5, 0.6) is 0 Å². The summed E-state index contributed by atoms with van der Waals surface area (Å²) in [7, 11) is 0. The Labute approximate surface area is 116 Å². The first-order valence-electron chi connectivity index (χ1n) is 7.52. The van der Waals surface area contributed by atoms with Crippen LogP contribution in [0.2, 0.25) is 0 Å². The van der Waals surface area contributed by atoms with Gasteiger partial charge in [-0.05, 0) is 31.8 Å². The summed E-state index contributed by atoms with van der Waals surface area (Å²) in [6, 6.07) is 0.657. The van der Waals surface area contributed by atoms with Crippen LogP contribution in [0.1, 0.15) is 39.4 Å². The Hall–Kier alpha value is -0.940. The average molecular weight is 265 g/mol. The summed E-state index contributed by atoms with van der Waals surface area (Å²) in [4.78, 5) is 7.01. The lowest BCUT2D eigenvalue weighted by atomic mass is 10.2. The third-order valence-corrected chi connectivity index (χ3v) is 3.64. The Morgan fingerprint density at radius 3 is 3.00 bits per heavy atom. The van der Waals surface area contributed by atoms with Crippen LogP contribution in [0.3, 0.4) is 0 Å². The summed E-state index contributed by atoms with van der Waals surface area (Å²) in [6.07, 6.45) is 4.13. The Kier molecular flexibility index (Phi) is 5.34. The van der Waals surface area contributed by atoms with E-state index in [0.717, 1.165) is 38.5 Å². The number of hydrogen-bond acceptors (Lipinski definition) is 4. The van der Waals surface area contributed by atoms with Crippen molar-refractivity contribution in [3.63, 3.8) is 0 Å². The molecule has 108 valence electrons. The lowest BCUT2D eigenvalue weighted by Gasteiger charge is -2.27. The highest BCUT2D eigenvalue weighted by Crippen LogP contribution is 2.13. The normalized spacial score (nSPS) is 19.7. The van der Waals surface area contributed by atoms with Crippen LogP contribution in [0.25, 0.3) is 0 Å². The first kappa shape index (κ1) is 14.5. The van der Waals surface area contributed by atoms with Gasteiger partial charge in [0.25, 0.3) is 0 Å². The van der Waals surface area contributed by atoms with Gasteiger partial charge in [0.15, 0.2) is 0 Å². The molecule has 1 atom stereocenters. The second-order valence-electron chi connectivity index (χ2n) is 5.87. The molecule has 1 fully saturated rings. The number of hydrogen-bond donors (Lipinski definition) is 1. The summed E-state index contributed by atoms with van der Waals surface area (Å²) in [5.74, 6) is 1.71. The molecule has 0 bridgehead atoms. The van der Waals surface area contributed by atoms with E-state index in [4.69, 9.17) is 0 Å². The average Bonchev–Trinajstić information content (AvgIpc) is 3.00. The second-order valence-corrected chi connectivity index (χ2v) is 5.87. The van der Waals surface area contributed by atoms with Crippen LogP contribution in [0.4, 0.5) is 0 Å². The van der Waals surface area contributed by atoms with Gasteiger partial charge >= 0.3 is 0 Å². The van der Waals surface area contributed by atoms with E-state index in [2.05, 4.69) is 45.8 Å². The number of nitrogens with one attached hydrogen (secondary N) is 1. The van der Waals surface area contributed by atoms with Crippen molar-refractivity contribution in [2.24, 2.45) is 5.92 Å². The molecule has 0 radical (unpaired) electrons. The van der Waals surface area contributed by atoms with Crippen molar-refractivity contribution in [2.45, 2.75) is 52.7 Å². The molecule has 2 heterocycles. The van der Waals surface area contributed by atoms with E-state index in [-0.39, 0.29) is 0 Å². The molecular weight excluding hydrogens is 238 g/mol. The van der Waals surface area contributed by atoms with Crippen molar-refractivity contribution in [3.05, 3.63) is 12.2 Å². The smallest absolute Gasteiger partial charge is 0.141 e. The van der Waals surface area contributed by atoms with Gasteiger partial charge in [-0.2, -0.15) is 5.10 Å². The van der Waals surface area contributed by atoms with E-state index in [1.807, 2.05) is 0 Å². The minimum absolute atomic E-state index is 0.605. The zero-order valence-electron chi connectivity index (χ0n) is 12.5. The molecule has 5 nitrogen and oxygen atoms in total. The summed E-state index contributed by atoms with van der Waals surface area (Å²) < 4.78 is 2.07. The van der Waals surface area contributed by atoms with Crippen LogP contribution in [0.15, 0.2) is 6.33 Å². The van der Waals surface area contributed by atoms with Crippen LogP contribution < -0.4 is 5.32 Å². The van der Waals surface area contributed by atoms with Crippen molar-refractivity contribution in [1.29, 1.82) is 0 Å². The van der Waals surface area contributed by atoms with Gasteiger partial charge in [0, 0.05) is 19.1 Å². The molecule has 5 heteroatoms. The van der Waals surface area contributed by atoms with Gasteiger partial charge < -0.3 is 5.32 Å². The molecule has 0 amide bonds. The molecule has 1 aromatic heterocycles. The zero-order valence-corrected chi connectivity index (χ0v) is 12.5. The van der Waals surface area contributed by atoms with Crippen LogP contribution >= 0.6 is 0 Å². The highest BCUT2D eigenvalue weighted by molar-refractivity contribution is 4.89. The van der Waals surface area contributed by atoms with Crippen LogP contribution in [-0.4, -0.2) is 45.3 Å². The molecule has 19 heavy (non-hydrogen) atoms. The van der Waals surface area contributed by atoms with Crippen molar-refractivity contribution >= 4 is 0 Å². The molecule has 1 N–H and O–H groups in total. The fraction of sp³-hybridized carbons (Fsp3) is 0.857. The highest BCUT2D eigenvalue weighted by atomic mass is 15.4. The molecule has 1 aliphatic rings. The van der Waals surface area contributed by atoms with Crippen molar-refractivity contribution < 1.29 is 0 Å². The number of rotatable bonds is 7. The van der Waals surface area contributed by atoms with Gasteiger partial charge in [0.2, 0.25) is 0 Å². The lowest BCUT2D eigenvalue weighted by molar-refractivity contribution is 0.190. The maximum atomic E-state index is 4.45. The van der Waals surface area contributed by atoms with Crippen molar-refractivity contribution in [1.82, 2.24) is 25.0 Å². The minimum atomic E-state index is 0.605. The topological polar surface area (TPSA) is 46.0 Å². The first-order chi connectivity index (χ1) is 9.20. The standard InChI is InChI=1S/C14H27N5/c1-4-7-18(13-5-6-15-8-13)10-14-16-11-17-19(14)9-12(2)3/h11-13,15H,4-10H2,1-3H3. The second kappa shape index (κ2) is 7.01. The van der Waals surface area contributed by atoms with Gasteiger partial charge in [-0.15, -0.1) is 0 Å². The summed E-state index contributed by atoms with van der Waals surface area (Å²) in [5, 5.41) is 7.81. The molecule has 1 aromatic rings. The van der Waals surface area contributed by atoms with Crippen LogP contribution in [-0.2, 0) is 13.1 Å². The summed E-state index contributed by atoms with van der Waals surface area (Å²) in [6.45, 7) is 12.0. The maximum Gasteiger partial charge on any atom is 0.141 e. The van der Waals surface area contributed by atoms with Gasteiger partial charge in [-0.3, -0.25) is 4.90 Å². The van der Waals surface area contributed by atoms with E-state index >= 15 is 0 Å². The van der Waals surface area contributed by atoms with Gasteiger partial charge in [-0.1, -0.05) is 20.8 Å². The van der Waals surface area contributed by atoms with Gasteiger partial charge in [0.05, 0.1) is 6.54 Å². The minimum Gasteiger partial charge on any atom is -0.315 e. The highest BCUT2D eigenvalue weighted by Gasteiger charge is 2.23. The fourth-order valence-corrected chi connectivity index (χ4v) is 2.72. The largest absolute Gasteiger partial charge is 0.315 e. The summed E-state index contributed by atoms with van der Waals surface area (Å²) >= 11 is 0. The molecule has 2 rings (SSSR count).